The molecule has 0 radical (unpaired) electrons. The van der Waals surface area contributed by atoms with E-state index >= 15 is 0 Å². The van der Waals surface area contributed by atoms with Crippen LogP contribution < -0.4 is 10.1 Å². The second-order valence-corrected chi connectivity index (χ2v) is 6.76. The van der Waals surface area contributed by atoms with Gasteiger partial charge in [-0.1, -0.05) is 37.8 Å². The Labute approximate surface area is 140 Å². The van der Waals surface area contributed by atoms with Gasteiger partial charge in [0.25, 0.3) is 0 Å². The van der Waals surface area contributed by atoms with Gasteiger partial charge in [-0.2, -0.15) is 0 Å². The molecule has 1 saturated carbocycles. The molecule has 0 atom stereocenters. The molecular formula is C20H31NO2. The Balaban J connectivity index is 1.43. The lowest BCUT2D eigenvalue weighted by atomic mass is 10.0. The third-order valence-corrected chi connectivity index (χ3v) is 4.64. The van der Waals surface area contributed by atoms with E-state index in [1.165, 1.54) is 37.7 Å². The third kappa shape index (κ3) is 7.54. The first-order chi connectivity index (χ1) is 11.2. The van der Waals surface area contributed by atoms with Crippen molar-refractivity contribution in [2.24, 2.45) is 5.92 Å². The molecule has 0 unspecified atom stereocenters. The molecule has 0 saturated heterocycles. The Morgan fingerprint density at radius 2 is 2.04 bits per heavy atom. The molecule has 1 aliphatic carbocycles. The molecule has 128 valence electrons. The monoisotopic (exact) mass is 317 g/mol. The number of carbonyl (C=O) groups excluding carboxylic acids is 1. The Morgan fingerprint density at radius 1 is 1.22 bits per heavy atom. The highest BCUT2D eigenvalue weighted by Crippen LogP contribution is 2.28. The summed E-state index contributed by atoms with van der Waals surface area (Å²) < 4.78 is 5.69. The standard InChI is InChI=1S/C20H31NO2/c1-17-8-6-12-19(16-17)23-15-5-4-13-20(22)21-14-7-11-18-9-2-3-10-18/h6,8,12,16,18H,2-5,7,9-11,13-15H2,1H3,(H,21,22). The van der Waals surface area contributed by atoms with Crippen LogP contribution in [0.1, 0.15) is 63.4 Å². The molecule has 1 amide bonds. The van der Waals surface area contributed by atoms with Gasteiger partial charge in [-0.3, -0.25) is 4.79 Å². The van der Waals surface area contributed by atoms with Crippen molar-refractivity contribution in [2.75, 3.05) is 13.2 Å². The summed E-state index contributed by atoms with van der Waals surface area (Å²) in [7, 11) is 0. The van der Waals surface area contributed by atoms with E-state index < -0.39 is 0 Å². The van der Waals surface area contributed by atoms with Gasteiger partial charge in [0.05, 0.1) is 6.61 Å². The quantitative estimate of drug-likeness (QED) is 0.639. The van der Waals surface area contributed by atoms with Crippen molar-refractivity contribution in [1.29, 1.82) is 0 Å². The third-order valence-electron chi connectivity index (χ3n) is 4.64. The molecule has 3 nitrogen and oxygen atoms in total. The minimum Gasteiger partial charge on any atom is -0.494 e. The van der Waals surface area contributed by atoms with Crippen LogP contribution in [0.2, 0.25) is 0 Å². The number of rotatable bonds is 10. The molecule has 1 aliphatic rings. The summed E-state index contributed by atoms with van der Waals surface area (Å²) in [4.78, 5) is 11.8. The first-order valence-electron chi connectivity index (χ1n) is 9.20. The average molecular weight is 317 g/mol. The smallest absolute Gasteiger partial charge is 0.219 e. The van der Waals surface area contributed by atoms with Crippen molar-refractivity contribution in [1.82, 2.24) is 5.32 Å². The molecule has 0 spiro atoms. The average Bonchev–Trinajstić information content (AvgIpc) is 3.05. The Hall–Kier alpha value is -1.51. The Kier molecular flexibility index (Phi) is 7.99. The van der Waals surface area contributed by atoms with Crippen molar-refractivity contribution < 1.29 is 9.53 Å². The fourth-order valence-electron chi connectivity index (χ4n) is 3.29. The number of aryl methyl sites for hydroxylation is 1. The Morgan fingerprint density at radius 3 is 2.83 bits per heavy atom. The van der Waals surface area contributed by atoms with Crippen LogP contribution in [-0.2, 0) is 4.79 Å². The van der Waals surface area contributed by atoms with Crippen molar-refractivity contribution in [2.45, 2.75) is 64.7 Å². The molecule has 23 heavy (non-hydrogen) atoms. The maximum Gasteiger partial charge on any atom is 0.219 e. The summed E-state index contributed by atoms with van der Waals surface area (Å²) >= 11 is 0. The normalized spacial score (nSPS) is 14.8. The maximum absolute atomic E-state index is 11.8. The van der Waals surface area contributed by atoms with E-state index in [-0.39, 0.29) is 5.91 Å². The topological polar surface area (TPSA) is 38.3 Å². The van der Waals surface area contributed by atoms with Crippen molar-refractivity contribution in [3.63, 3.8) is 0 Å². The van der Waals surface area contributed by atoms with E-state index in [9.17, 15) is 4.79 Å². The fraction of sp³-hybridized carbons (Fsp3) is 0.650. The van der Waals surface area contributed by atoms with Crippen LogP contribution in [0.25, 0.3) is 0 Å². The molecule has 1 N–H and O–H groups in total. The van der Waals surface area contributed by atoms with Gasteiger partial charge < -0.3 is 10.1 Å². The van der Waals surface area contributed by atoms with Crippen molar-refractivity contribution >= 4 is 5.91 Å². The number of ether oxygens (including phenoxy) is 1. The second kappa shape index (κ2) is 10.3. The molecule has 0 aliphatic heterocycles. The maximum atomic E-state index is 11.8. The number of unbranched alkanes of at least 4 members (excludes halogenated alkanes) is 1. The number of amides is 1. The predicted molar refractivity (Wildman–Crippen MR) is 94.7 cm³/mol. The molecule has 0 heterocycles. The lowest BCUT2D eigenvalue weighted by Gasteiger charge is -2.09. The number of hydrogen-bond acceptors (Lipinski definition) is 2. The minimum absolute atomic E-state index is 0.187. The number of nitrogens with one attached hydrogen (secondary N) is 1. The van der Waals surface area contributed by atoms with Crippen LogP contribution in [0.3, 0.4) is 0 Å². The van der Waals surface area contributed by atoms with Crippen LogP contribution in [0.4, 0.5) is 0 Å². The molecular weight excluding hydrogens is 286 g/mol. The summed E-state index contributed by atoms with van der Waals surface area (Å²) in [5.41, 5.74) is 1.21. The molecule has 1 fully saturated rings. The van der Waals surface area contributed by atoms with Crippen LogP contribution in [0, 0.1) is 12.8 Å². The minimum atomic E-state index is 0.187. The Bertz CT molecular complexity index is 466. The zero-order valence-corrected chi connectivity index (χ0v) is 14.5. The zero-order chi connectivity index (χ0) is 16.3. The van der Waals surface area contributed by atoms with Gasteiger partial charge >= 0.3 is 0 Å². The van der Waals surface area contributed by atoms with Gasteiger partial charge in [0, 0.05) is 13.0 Å². The summed E-state index contributed by atoms with van der Waals surface area (Å²) in [6.07, 6.45) is 10.4. The van der Waals surface area contributed by atoms with Gasteiger partial charge in [-0.05, 0) is 56.2 Å². The molecule has 2 rings (SSSR count). The van der Waals surface area contributed by atoms with Crippen LogP contribution >= 0.6 is 0 Å². The van der Waals surface area contributed by atoms with Gasteiger partial charge in [0.15, 0.2) is 0 Å². The van der Waals surface area contributed by atoms with Crippen LogP contribution in [0.15, 0.2) is 24.3 Å². The van der Waals surface area contributed by atoms with E-state index in [2.05, 4.69) is 18.3 Å². The summed E-state index contributed by atoms with van der Waals surface area (Å²) in [6.45, 7) is 3.58. The van der Waals surface area contributed by atoms with Gasteiger partial charge in [-0.15, -0.1) is 0 Å². The summed E-state index contributed by atoms with van der Waals surface area (Å²) in [5.74, 6) is 2.03. The lowest BCUT2D eigenvalue weighted by Crippen LogP contribution is -2.24. The largest absolute Gasteiger partial charge is 0.494 e. The second-order valence-electron chi connectivity index (χ2n) is 6.76. The lowest BCUT2D eigenvalue weighted by molar-refractivity contribution is -0.121. The highest BCUT2D eigenvalue weighted by molar-refractivity contribution is 5.75. The van der Waals surface area contributed by atoms with E-state index in [4.69, 9.17) is 4.74 Å². The van der Waals surface area contributed by atoms with Crippen LogP contribution in [0.5, 0.6) is 5.75 Å². The highest BCUT2D eigenvalue weighted by Gasteiger charge is 2.14. The first-order valence-corrected chi connectivity index (χ1v) is 9.20. The van der Waals surface area contributed by atoms with Gasteiger partial charge in [0.1, 0.15) is 5.75 Å². The molecule has 1 aromatic rings. The number of benzene rings is 1. The van der Waals surface area contributed by atoms with E-state index in [1.807, 2.05) is 18.2 Å². The molecule has 0 bridgehead atoms. The highest BCUT2D eigenvalue weighted by atomic mass is 16.5. The molecule has 0 aromatic heterocycles. The van der Waals surface area contributed by atoms with E-state index in [1.54, 1.807) is 0 Å². The summed E-state index contributed by atoms with van der Waals surface area (Å²) in [6, 6.07) is 8.08. The van der Waals surface area contributed by atoms with Gasteiger partial charge in [0.2, 0.25) is 5.91 Å². The first kappa shape index (κ1) is 17.8. The van der Waals surface area contributed by atoms with Crippen LogP contribution in [-0.4, -0.2) is 19.1 Å². The molecule has 1 aromatic carbocycles. The SMILES string of the molecule is Cc1cccc(OCCCCC(=O)NCCCC2CCCC2)c1. The van der Waals surface area contributed by atoms with Crippen molar-refractivity contribution in [3.8, 4) is 5.75 Å². The van der Waals surface area contributed by atoms with E-state index in [0.29, 0.717) is 13.0 Å². The summed E-state index contributed by atoms with van der Waals surface area (Å²) in [5, 5.41) is 3.04. The number of carbonyl (C=O) groups is 1. The van der Waals surface area contributed by atoms with Gasteiger partial charge in [-0.25, -0.2) is 0 Å². The van der Waals surface area contributed by atoms with Crippen molar-refractivity contribution in [3.05, 3.63) is 29.8 Å². The zero-order valence-electron chi connectivity index (χ0n) is 14.5. The molecule has 3 heteroatoms. The fourth-order valence-corrected chi connectivity index (χ4v) is 3.29. The number of hydrogen-bond donors (Lipinski definition) is 1. The predicted octanol–water partition coefficient (Wildman–Crippen LogP) is 4.63. The van der Waals surface area contributed by atoms with E-state index in [0.717, 1.165) is 37.5 Å².